The summed E-state index contributed by atoms with van der Waals surface area (Å²) >= 11 is 0. The molecule has 1 N–H and O–H groups in total. The molecule has 2 aromatic rings. The molecule has 0 bridgehead atoms. The second kappa shape index (κ2) is 8.05. The van der Waals surface area contributed by atoms with E-state index in [0.29, 0.717) is 24.4 Å². The maximum atomic E-state index is 12.6. The fourth-order valence-corrected chi connectivity index (χ4v) is 4.96. The highest BCUT2D eigenvalue weighted by Gasteiger charge is 2.43. The molecule has 1 aromatic heterocycles. The van der Waals surface area contributed by atoms with Crippen molar-refractivity contribution in [3.63, 3.8) is 0 Å². The van der Waals surface area contributed by atoms with Gasteiger partial charge in [-0.15, -0.1) is 0 Å². The summed E-state index contributed by atoms with van der Waals surface area (Å²) in [6.07, 6.45) is 3.04. The zero-order valence-electron chi connectivity index (χ0n) is 17.1. The van der Waals surface area contributed by atoms with Crippen LogP contribution in [0.3, 0.4) is 0 Å². The van der Waals surface area contributed by atoms with Gasteiger partial charge < -0.3 is 10.2 Å². The quantitative estimate of drug-likeness (QED) is 0.865. The highest BCUT2D eigenvalue weighted by atomic mass is 16.2. The third-order valence-electron chi connectivity index (χ3n) is 6.41. The molecule has 1 amide bonds. The van der Waals surface area contributed by atoms with E-state index in [1.165, 1.54) is 5.56 Å². The van der Waals surface area contributed by atoms with Gasteiger partial charge in [-0.1, -0.05) is 30.3 Å². The summed E-state index contributed by atoms with van der Waals surface area (Å²) in [5.74, 6) is 1.19. The lowest BCUT2D eigenvalue weighted by atomic mass is 9.82. The van der Waals surface area contributed by atoms with Gasteiger partial charge in [0.05, 0.1) is 17.9 Å². The van der Waals surface area contributed by atoms with Crippen LogP contribution in [0.1, 0.15) is 30.5 Å². The number of carbonyl (C=O) groups is 1. The van der Waals surface area contributed by atoms with Crippen LogP contribution in [-0.4, -0.2) is 64.8 Å². The third-order valence-corrected chi connectivity index (χ3v) is 6.41. The van der Waals surface area contributed by atoms with Crippen molar-refractivity contribution >= 4 is 11.6 Å². The van der Waals surface area contributed by atoms with Gasteiger partial charge in [0.1, 0.15) is 0 Å². The van der Waals surface area contributed by atoms with Gasteiger partial charge in [0.25, 0.3) is 0 Å². The number of benzene rings is 1. The van der Waals surface area contributed by atoms with Crippen molar-refractivity contribution < 1.29 is 4.79 Å². The molecule has 3 heterocycles. The Labute approximate surface area is 167 Å². The first-order valence-electron chi connectivity index (χ1n) is 10.4. The Bertz CT molecular complexity index is 818. The first kappa shape index (κ1) is 19.2. The van der Waals surface area contributed by atoms with Gasteiger partial charge in [-0.3, -0.25) is 14.4 Å². The number of piperidine rings is 1. The van der Waals surface area contributed by atoms with E-state index in [2.05, 4.69) is 57.6 Å². The van der Waals surface area contributed by atoms with Crippen LogP contribution in [0.2, 0.25) is 0 Å². The smallest absolute Gasteiger partial charge is 0.238 e. The van der Waals surface area contributed by atoms with Crippen molar-refractivity contribution in [2.45, 2.75) is 38.8 Å². The second-order valence-electron chi connectivity index (χ2n) is 8.24. The molecule has 2 aliphatic heterocycles. The number of fused-ring (bicyclic) bond motifs is 1. The predicted octanol–water partition coefficient (Wildman–Crippen LogP) is 2.57. The molecule has 0 spiro atoms. The first-order chi connectivity index (χ1) is 13.5. The Hall–Kier alpha value is -2.18. The van der Waals surface area contributed by atoms with Crippen LogP contribution < -0.4 is 5.32 Å². The molecule has 150 valence electrons. The lowest BCUT2D eigenvalue weighted by molar-refractivity contribution is -0.117. The average Bonchev–Trinajstić information content (AvgIpc) is 3.22. The predicted molar refractivity (Wildman–Crippen MR) is 111 cm³/mol. The topological polar surface area (TPSA) is 53.4 Å². The van der Waals surface area contributed by atoms with Crippen molar-refractivity contribution in [1.29, 1.82) is 0 Å². The SMILES string of the molecule is CCn1cc(NC(=O)CN2CC[C@@H]3[C@H](C2)[C@@H](c2ccccc2)CN3C)c(C)n1. The monoisotopic (exact) mass is 381 g/mol. The molecule has 0 unspecified atom stereocenters. The van der Waals surface area contributed by atoms with Crippen LogP contribution in [0, 0.1) is 12.8 Å². The number of aryl methyl sites for hydroxylation is 2. The Morgan fingerprint density at radius 3 is 2.75 bits per heavy atom. The van der Waals surface area contributed by atoms with Crippen LogP contribution in [0.15, 0.2) is 36.5 Å². The minimum Gasteiger partial charge on any atom is -0.322 e. The molecular weight excluding hydrogens is 350 g/mol. The molecule has 3 atom stereocenters. The van der Waals surface area contributed by atoms with E-state index >= 15 is 0 Å². The molecule has 0 aliphatic carbocycles. The standard InChI is InChI=1S/C22H31N5O/c1-4-27-14-20(16(2)24-27)23-22(28)15-26-11-10-21-19(13-26)18(12-25(21)3)17-8-6-5-7-9-17/h5-9,14,18-19,21H,4,10-13,15H2,1-3H3,(H,23,28)/t18-,19-,21-/m1/s1. The highest BCUT2D eigenvalue weighted by Crippen LogP contribution is 2.40. The summed E-state index contributed by atoms with van der Waals surface area (Å²) in [7, 11) is 2.25. The maximum absolute atomic E-state index is 12.6. The Morgan fingerprint density at radius 1 is 1.25 bits per heavy atom. The molecule has 28 heavy (non-hydrogen) atoms. The molecule has 6 heteroatoms. The zero-order chi connectivity index (χ0) is 19.7. The van der Waals surface area contributed by atoms with Gasteiger partial charge >= 0.3 is 0 Å². The number of likely N-dealkylation sites (N-methyl/N-ethyl adjacent to an activating group) is 1. The van der Waals surface area contributed by atoms with Crippen molar-refractivity contribution in [3.8, 4) is 0 Å². The minimum atomic E-state index is 0.0554. The molecule has 2 aliphatic rings. The molecule has 0 radical (unpaired) electrons. The highest BCUT2D eigenvalue weighted by molar-refractivity contribution is 5.92. The van der Waals surface area contributed by atoms with E-state index < -0.39 is 0 Å². The van der Waals surface area contributed by atoms with E-state index in [1.54, 1.807) is 0 Å². The fraction of sp³-hybridized carbons (Fsp3) is 0.545. The van der Waals surface area contributed by atoms with Crippen molar-refractivity contribution in [1.82, 2.24) is 19.6 Å². The number of hydrogen-bond acceptors (Lipinski definition) is 4. The third kappa shape index (κ3) is 3.84. The van der Waals surface area contributed by atoms with Gasteiger partial charge in [-0.05, 0) is 38.8 Å². The Morgan fingerprint density at radius 2 is 2.04 bits per heavy atom. The van der Waals surface area contributed by atoms with Crippen molar-refractivity contribution in [2.75, 3.05) is 38.5 Å². The van der Waals surface area contributed by atoms with Gasteiger partial charge in [-0.2, -0.15) is 5.10 Å². The first-order valence-corrected chi connectivity index (χ1v) is 10.4. The van der Waals surface area contributed by atoms with E-state index in [9.17, 15) is 4.79 Å². The second-order valence-corrected chi connectivity index (χ2v) is 8.24. The van der Waals surface area contributed by atoms with Gasteiger partial charge in [-0.25, -0.2) is 0 Å². The summed E-state index contributed by atoms with van der Waals surface area (Å²) in [5.41, 5.74) is 3.12. The zero-order valence-corrected chi connectivity index (χ0v) is 17.1. The van der Waals surface area contributed by atoms with E-state index in [0.717, 1.165) is 44.0 Å². The van der Waals surface area contributed by atoms with E-state index in [1.807, 2.05) is 24.7 Å². The van der Waals surface area contributed by atoms with Crippen molar-refractivity contribution in [3.05, 3.63) is 47.8 Å². The van der Waals surface area contributed by atoms with Crippen LogP contribution in [0.5, 0.6) is 0 Å². The molecule has 2 fully saturated rings. The summed E-state index contributed by atoms with van der Waals surface area (Å²) in [4.78, 5) is 17.5. The number of carbonyl (C=O) groups excluding carboxylic acids is 1. The lowest BCUT2D eigenvalue weighted by Crippen LogP contribution is -2.47. The largest absolute Gasteiger partial charge is 0.322 e. The number of anilines is 1. The van der Waals surface area contributed by atoms with Gasteiger partial charge in [0.15, 0.2) is 0 Å². The number of rotatable bonds is 5. The number of aromatic nitrogens is 2. The van der Waals surface area contributed by atoms with Gasteiger partial charge in [0, 0.05) is 44.3 Å². The maximum Gasteiger partial charge on any atom is 0.238 e. The molecule has 2 saturated heterocycles. The number of nitrogens with one attached hydrogen (secondary N) is 1. The molecule has 6 nitrogen and oxygen atoms in total. The average molecular weight is 382 g/mol. The summed E-state index contributed by atoms with van der Waals surface area (Å²) in [5, 5.41) is 7.46. The van der Waals surface area contributed by atoms with Gasteiger partial charge in [0.2, 0.25) is 5.91 Å². The molecule has 1 aromatic carbocycles. The normalized spacial score (nSPS) is 25.6. The molecular formula is C22H31N5O. The van der Waals surface area contributed by atoms with Crippen molar-refractivity contribution in [2.24, 2.45) is 5.92 Å². The summed E-state index contributed by atoms with van der Waals surface area (Å²) < 4.78 is 1.86. The lowest BCUT2D eigenvalue weighted by Gasteiger charge is -2.38. The Balaban J connectivity index is 1.40. The van der Waals surface area contributed by atoms with Crippen LogP contribution >= 0.6 is 0 Å². The van der Waals surface area contributed by atoms with Crippen LogP contribution in [0.4, 0.5) is 5.69 Å². The van der Waals surface area contributed by atoms with E-state index in [4.69, 9.17) is 0 Å². The summed E-state index contributed by atoms with van der Waals surface area (Å²) in [6.45, 7) is 8.30. The minimum absolute atomic E-state index is 0.0554. The number of nitrogens with zero attached hydrogens (tertiary/aromatic N) is 4. The number of amides is 1. The van der Waals surface area contributed by atoms with Crippen LogP contribution in [0.25, 0.3) is 0 Å². The fourth-order valence-electron chi connectivity index (χ4n) is 4.96. The van der Waals surface area contributed by atoms with E-state index in [-0.39, 0.29) is 5.91 Å². The Kier molecular flexibility index (Phi) is 5.51. The molecule has 0 saturated carbocycles. The number of hydrogen-bond donors (Lipinski definition) is 1. The summed E-state index contributed by atoms with van der Waals surface area (Å²) in [6, 6.07) is 11.5. The van der Waals surface area contributed by atoms with Crippen LogP contribution in [-0.2, 0) is 11.3 Å². The molecule has 4 rings (SSSR count). The number of likely N-dealkylation sites (tertiary alicyclic amines) is 2.